The maximum atomic E-state index is 6.54. The molecular formula is C17H23N3O. The van der Waals surface area contributed by atoms with E-state index in [0.29, 0.717) is 0 Å². The Bertz CT molecular complexity index is 633. The van der Waals surface area contributed by atoms with Gasteiger partial charge in [-0.3, -0.25) is 4.68 Å². The number of aryl methyl sites for hydroxylation is 3. The zero-order valence-corrected chi connectivity index (χ0v) is 12.8. The van der Waals surface area contributed by atoms with E-state index < -0.39 is 0 Å². The molecule has 4 heteroatoms. The minimum atomic E-state index is -0.189. The molecule has 1 unspecified atom stereocenters. The number of fused-ring (bicyclic) bond motifs is 1. The molecule has 0 aliphatic carbocycles. The van der Waals surface area contributed by atoms with Crippen molar-refractivity contribution in [3.8, 4) is 5.75 Å². The quantitative estimate of drug-likeness (QED) is 0.939. The van der Waals surface area contributed by atoms with E-state index in [1.54, 1.807) is 0 Å². The van der Waals surface area contributed by atoms with Crippen molar-refractivity contribution in [2.24, 2.45) is 5.73 Å². The van der Waals surface area contributed by atoms with Gasteiger partial charge in [0.1, 0.15) is 5.75 Å². The average Bonchev–Trinajstić information content (AvgIpc) is 2.97. The van der Waals surface area contributed by atoms with Gasteiger partial charge in [0.05, 0.1) is 24.0 Å². The van der Waals surface area contributed by atoms with Crippen LogP contribution in [0.25, 0.3) is 0 Å². The first-order chi connectivity index (χ1) is 10.2. The molecule has 1 aliphatic heterocycles. The van der Waals surface area contributed by atoms with E-state index in [9.17, 15) is 0 Å². The number of para-hydroxylation sites is 1. The molecule has 1 aliphatic rings. The molecule has 21 heavy (non-hydrogen) atoms. The van der Waals surface area contributed by atoms with E-state index >= 15 is 0 Å². The fourth-order valence-electron chi connectivity index (χ4n) is 2.98. The summed E-state index contributed by atoms with van der Waals surface area (Å²) < 4.78 is 7.90. The Kier molecular flexibility index (Phi) is 3.97. The lowest BCUT2D eigenvalue weighted by atomic mass is 9.96. The topological polar surface area (TPSA) is 53.1 Å². The van der Waals surface area contributed by atoms with E-state index in [1.165, 1.54) is 5.56 Å². The molecular weight excluding hydrogens is 262 g/mol. The van der Waals surface area contributed by atoms with E-state index in [4.69, 9.17) is 10.5 Å². The Hall–Kier alpha value is -1.81. The Balaban J connectivity index is 2.02. The molecule has 0 saturated heterocycles. The second-order valence-electron chi connectivity index (χ2n) is 5.50. The second-order valence-corrected chi connectivity index (χ2v) is 5.50. The summed E-state index contributed by atoms with van der Waals surface area (Å²) in [6.45, 7) is 5.83. The lowest BCUT2D eigenvalue weighted by molar-refractivity contribution is 0.284. The van der Waals surface area contributed by atoms with Crippen LogP contribution in [-0.4, -0.2) is 16.4 Å². The summed E-state index contributed by atoms with van der Waals surface area (Å²) >= 11 is 0. The monoisotopic (exact) mass is 285 g/mol. The Morgan fingerprint density at radius 1 is 1.38 bits per heavy atom. The van der Waals surface area contributed by atoms with E-state index in [0.717, 1.165) is 55.1 Å². The normalized spacial score (nSPS) is 15.4. The number of ether oxygens (including phenoxy) is 1. The Labute approximate surface area is 125 Å². The summed E-state index contributed by atoms with van der Waals surface area (Å²) in [4.78, 5) is 0. The van der Waals surface area contributed by atoms with Gasteiger partial charge in [-0.05, 0) is 37.8 Å². The standard InChI is InChI=1S/C17H23N3O/c1-3-13-11-15(20(4-2)19-13)16(18)14-9-5-7-12-8-6-10-21-17(12)14/h5,7,9,11,16H,3-4,6,8,10,18H2,1-2H3. The van der Waals surface area contributed by atoms with Crippen LogP contribution >= 0.6 is 0 Å². The first-order valence-corrected chi connectivity index (χ1v) is 7.81. The lowest BCUT2D eigenvalue weighted by Gasteiger charge is -2.23. The number of hydrogen-bond acceptors (Lipinski definition) is 3. The fraction of sp³-hybridized carbons (Fsp3) is 0.471. The minimum absolute atomic E-state index is 0.189. The van der Waals surface area contributed by atoms with E-state index in [-0.39, 0.29) is 6.04 Å². The summed E-state index contributed by atoms with van der Waals surface area (Å²) in [6, 6.07) is 8.23. The van der Waals surface area contributed by atoms with Crippen molar-refractivity contribution in [3.63, 3.8) is 0 Å². The van der Waals surface area contributed by atoms with Crippen molar-refractivity contribution in [3.05, 3.63) is 46.8 Å². The number of hydrogen-bond donors (Lipinski definition) is 1. The molecule has 0 bridgehead atoms. The molecule has 0 radical (unpaired) electrons. The van der Waals surface area contributed by atoms with E-state index in [2.05, 4.69) is 43.2 Å². The molecule has 0 spiro atoms. The van der Waals surface area contributed by atoms with Crippen molar-refractivity contribution in [2.45, 2.75) is 45.7 Å². The molecule has 0 fully saturated rings. The predicted molar refractivity (Wildman–Crippen MR) is 83.6 cm³/mol. The maximum Gasteiger partial charge on any atom is 0.127 e. The summed E-state index contributed by atoms with van der Waals surface area (Å²) in [6.07, 6.45) is 3.08. The van der Waals surface area contributed by atoms with Gasteiger partial charge in [-0.2, -0.15) is 5.10 Å². The van der Waals surface area contributed by atoms with Crippen molar-refractivity contribution < 1.29 is 4.74 Å². The molecule has 0 saturated carbocycles. The first-order valence-electron chi connectivity index (χ1n) is 7.81. The Morgan fingerprint density at radius 2 is 2.24 bits per heavy atom. The number of rotatable bonds is 4. The summed E-state index contributed by atoms with van der Waals surface area (Å²) in [5.41, 5.74) is 11.0. The van der Waals surface area contributed by atoms with Crippen molar-refractivity contribution in [2.75, 3.05) is 6.61 Å². The van der Waals surface area contributed by atoms with Gasteiger partial charge in [0, 0.05) is 12.1 Å². The second kappa shape index (κ2) is 5.90. The lowest BCUT2D eigenvalue weighted by Crippen LogP contribution is -2.20. The van der Waals surface area contributed by atoms with Crippen LogP contribution in [0.15, 0.2) is 24.3 Å². The molecule has 1 atom stereocenters. The minimum Gasteiger partial charge on any atom is -0.493 e. The number of nitrogens with zero attached hydrogens (tertiary/aromatic N) is 2. The third-order valence-electron chi connectivity index (χ3n) is 4.14. The third kappa shape index (κ3) is 2.56. The molecule has 0 amide bonds. The predicted octanol–water partition coefficient (Wildman–Crippen LogP) is 2.84. The van der Waals surface area contributed by atoms with Crippen LogP contribution in [0.4, 0.5) is 0 Å². The number of nitrogens with two attached hydrogens (primary N) is 1. The smallest absolute Gasteiger partial charge is 0.127 e. The highest BCUT2D eigenvalue weighted by Gasteiger charge is 2.22. The van der Waals surface area contributed by atoms with Gasteiger partial charge in [-0.25, -0.2) is 0 Å². The number of aromatic nitrogens is 2. The van der Waals surface area contributed by atoms with Crippen LogP contribution in [-0.2, 0) is 19.4 Å². The average molecular weight is 285 g/mol. The van der Waals surface area contributed by atoms with Crippen LogP contribution in [0, 0.1) is 0 Å². The maximum absolute atomic E-state index is 6.54. The first kappa shape index (κ1) is 14.1. The van der Waals surface area contributed by atoms with Gasteiger partial charge in [-0.1, -0.05) is 25.1 Å². The summed E-state index contributed by atoms with van der Waals surface area (Å²) in [5.74, 6) is 0.984. The molecule has 112 valence electrons. The largest absolute Gasteiger partial charge is 0.493 e. The fourth-order valence-corrected chi connectivity index (χ4v) is 2.98. The highest BCUT2D eigenvalue weighted by Crippen LogP contribution is 2.34. The molecule has 3 rings (SSSR count). The number of benzene rings is 1. The zero-order chi connectivity index (χ0) is 14.8. The van der Waals surface area contributed by atoms with Crippen LogP contribution in [0.1, 0.15) is 48.8 Å². The van der Waals surface area contributed by atoms with Gasteiger partial charge in [-0.15, -0.1) is 0 Å². The van der Waals surface area contributed by atoms with Gasteiger partial charge in [0.2, 0.25) is 0 Å². The van der Waals surface area contributed by atoms with Gasteiger partial charge < -0.3 is 10.5 Å². The molecule has 2 heterocycles. The highest BCUT2D eigenvalue weighted by atomic mass is 16.5. The van der Waals surface area contributed by atoms with Crippen LogP contribution < -0.4 is 10.5 Å². The van der Waals surface area contributed by atoms with Crippen molar-refractivity contribution >= 4 is 0 Å². The van der Waals surface area contributed by atoms with E-state index in [1.807, 2.05) is 4.68 Å². The molecule has 1 aromatic heterocycles. The highest BCUT2D eigenvalue weighted by molar-refractivity contribution is 5.47. The van der Waals surface area contributed by atoms with Gasteiger partial charge in [0.25, 0.3) is 0 Å². The molecule has 1 aromatic carbocycles. The third-order valence-corrected chi connectivity index (χ3v) is 4.14. The SMILES string of the molecule is CCc1cc(C(N)c2cccc3c2OCCC3)n(CC)n1. The van der Waals surface area contributed by atoms with Crippen LogP contribution in [0.2, 0.25) is 0 Å². The molecule has 2 aromatic rings. The summed E-state index contributed by atoms with van der Waals surface area (Å²) in [5, 5.41) is 4.60. The van der Waals surface area contributed by atoms with Crippen molar-refractivity contribution in [1.82, 2.24) is 9.78 Å². The van der Waals surface area contributed by atoms with Gasteiger partial charge >= 0.3 is 0 Å². The Morgan fingerprint density at radius 3 is 3.00 bits per heavy atom. The molecule has 4 nitrogen and oxygen atoms in total. The molecule has 2 N–H and O–H groups in total. The zero-order valence-electron chi connectivity index (χ0n) is 12.8. The van der Waals surface area contributed by atoms with Crippen molar-refractivity contribution in [1.29, 1.82) is 0 Å². The summed E-state index contributed by atoms with van der Waals surface area (Å²) in [7, 11) is 0. The van der Waals surface area contributed by atoms with Crippen LogP contribution in [0.3, 0.4) is 0 Å². The van der Waals surface area contributed by atoms with Crippen LogP contribution in [0.5, 0.6) is 5.75 Å². The van der Waals surface area contributed by atoms with Gasteiger partial charge in [0.15, 0.2) is 0 Å².